The number of ketones is 1. The van der Waals surface area contributed by atoms with E-state index in [1.165, 1.54) is 10.8 Å². The van der Waals surface area contributed by atoms with Crippen molar-refractivity contribution in [3.05, 3.63) is 53.6 Å². The maximum Gasteiger partial charge on any atom is 0.158 e. The third-order valence-corrected chi connectivity index (χ3v) is 3.57. The van der Waals surface area contributed by atoms with Crippen LogP contribution in [0.2, 0.25) is 0 Å². The molecule has 0 bridgehead atoms. The average Bonchev–Trinajstić information content (AvgIpc) is 2.41. The minimum absolute atomic E-state index is 0.328. The van der Waals surface area contributed by atoms with E-state index >= 15 is 0 Å². The Labute approximate surface area is 107 Å². The summed E-state index contributed by atoms with van der Waals surface area (Å²) in [5, 5.41) is 2.48. The zero-order valence-electron chi connectivity index (χ0n) is 10.4. The van der Waals surface area contributed by atoms with Crippen LogP contribution >= 0.6 is 0 Å². The zero-order valence-corrected chi connectivity index (χ0v) is 10.4. The van der Waals surface area contributed by atoms with Gasteiger partial charge in [0.05, 0.1) is 0 Å². The van der Waals surface area contributed by atoms with E-state index in [0.717, 1.165) is 36.8 Å². The number of allylic oxidation sites excluding steroid dienone is 1. The molecule has 0 heterocycles. The first-order chi connectivity index (χ1) is 8.83. The lowest BCUT2D eigenvalue weighted by atomic mass is 9.92. The summed E-state index contributed by atoms with van der Waals surface area (Å²) in [6.07, 6.45) is 5.91. The largest absolute Gasteiger partial charge is 0.295 e. The fourth-order valence-corrected chi connectivity index (χ4v) is 2.55. The van der Waals surface area contributed by atoms with Crippen LogP contribution in [0.4, 0.5) is 0 Å². The van der Waals surface area contributed by atoms with Gasteiger partial charge in [-0.15, -0.1) is 0 Å². The molecule has 0 radical (unpaired) electrons. The van der Waals surface area contributed by atoms with Crippen molar-refractivity contribution in [2.24, 2.45) is 0 Å². The van der Waals surface area contributed by atoms with Crippen molar-refractivity contribution in [2.45, 2.75) is 25.7 Å². The van der Waals surface area contributed by atoms with Crippen molar-refractivity contribution in [1.29, 1.82) is 0 Å². The Morgan fingerprint density at radius 2 is 1.67 bits per heavy atom. The van der Waals surface area contributed by atoms with Gasteiger partial charge in [0.15, 0.2) is 5.78 Å². The average molecular weight is 236 g/mol. The van der Waals surface area contributed by atoms with Gasteiger partial charge in [0.2, 0.25) is 0 Å². The van der Waals surface area contributed by atoms with Gasteiger partial charge in [0.25, 0.3) is 0 Å². The first kappa shape index (κ1) is 11.2. The molecule has 1 aliphatic carbocycles. The maximum absolute atomic E-state index is 11.8. The topological polar surface area (TPSA) is 17.1 Å². The summed E-state index contributed by atoms with van der Waals surface area (Å²) in [5.74, 6) is 0.328. The second-order valence-corrected chi connectivity index (χ2v) is 4.91. The molecule has 3 rings (SSSR count). The molecule has 1 saturated carbocycles. The van der Waals surface area contributed by atoms with Gasteiger partial charge < -0.3 is 0 Å². The second-order valence-electron chi connectivity index (χ2n) is 4.91. The fraction of sp³-hybridized carbons (Fsp3) is 0.235. The van der Waals surface area contributed by atoms with Crippen LogP contribution in [0, 0.1) is 0 Å². The predicted octanol–water partition coefficient (Wildman–Crippen LogP) is 4.37. The van der Waals surface area contributed by atoms with Crippen molar-refractivity contribution in [2.75, 3.05) is 0 Å². The summed E-state index contributed by atoms with van der Waals surface area (Å²) in [6.45, 7) is 0. The summed E-state index contributed by atoms with van der Waals surface area (Å²) < 4.78 is 0. The van der Waals surface area contributed by atoms with Crippen LogP contribution in [0.1, 0.15) is 31.2 Å². The summed E-state index contributed by atoms with van der Waals surface area (Å²) in [6, 6.07) is 14.7. The lowest BCUT2D eigenvalue weighted by Crippen LogP contribution is -2.07. The highest BCUT2D eigenvalue weighted by molar-refractivity contribution is 6.00. The quantitative estimate of drug-likeness (QED) is 0.672. The van der Waals surface area contributed by atoms with E-state index in [1.807, 2.05) is 12.1 Å². The minimum atomic E-state index is 0.328. The van der Waals surface area contributed by atoms with Crippen LogP contribution in [0.3, 0.4) is 0 Å². The third kappa shape index (κ3) is 2.21. The van der Waals surface area contributed by atoms with Gasteiger partial charge >= 0.3 is 0 Å². The van der Waals surface area contributed by atoms with Crippen molar-refractivity contribution >= 4 is 22.6 Å². The highest BCUT2D eigenvalue weighted by atomic mass is 16.1. The number of carbonyl (C=O) groups excluding carboxylic acids is 1. The number of rotatable bonds is 1. The van der Waals surface area contributed by atoms with E-state index < -0.39 is 0 Å². The number of hydrogen-bond acceptors (Lipinski definition) is 1. The first-order valence-corrected chi connectivity index (χ1v) is 6.55. The maximum atomic E-state index is 11.8. The molecule has 1 nitrogen and oxygen atoms in total. The Morgan fingerprint density at radius 1 is 0.889 bits per heavy atom. The van der Waals surface area contributed by atoms with Crippen LogP contribution < -0.4 is 0 Å². The van der Waals surface area contributed by atoms with Crippen LogP contribution in [0.15, 0.2) is 48.0 Å². The van der Waals surface area contributed by atoms with Crippen molar-refractivity contribution in [3.8, 4) is 0 Å². The number of hydrogen-bond donors (Lipinski definition) is 0. The van der Waals surface area contributed by atoms with E-state index in [-0.39, 0.29) is 0 Å². The molecule has 18 heavy (non-hydrogen) atoms. The van der Waals surface area contributed by atoms with E-state index in [4.69, 9.17) is 0 Å². The van der Waals surface area contributed by atoms with E-state index in [0.29, 0.717) is 5.78 Å². The molecule has 0 aromatic heterocycles. The predicted molar refractivity (Wildman–Crippen MR) is 75.4 cm³/mol. The number of carbonyl (C=O) groups is 1. The van der Waals surface area contributed by atoms with Crippen molar-refractivity contribution in [3.63, 3.8) is 0 Å². The van der Waals surface area contributed by atoms with Gasteiger partial charge in [-0.3, -0.25) is 4.79 Å². The van der Waals surface area contributed by atoms with Gasteiger partial charge in [-0.2, -0.15) is 0 Å². The standard InChI is InChI=1S/C17H16O/c18-17-8-4-3-7-16(17)12-13-9-10-14-5-1-2-6-15(14)11-13/h1-2,5-6,9-12H,3-4,7-8H2/b16-12+. The molecule has 90 valence electrons. The Kier molecular flexibility index (Phi) is 2.97. The molecule has 0 spiro atoms. The van der Waals surface area contributed by atoms with E-state index in [9.17, 15) is 4.79 Å². The highest BCUT2D eigenvalue weighted by Gasteiger charge is 2.14. The van der Waals surface area contributed by atoms with Crippen LogP contribution in [-0.2, 0) is 4.79 Å². The molecule has 0 amide bonds. The van der Waals surface area contributed by atoms with Gasteiger partial charge in [-0.1, -0.05) is 36.4 Å². The van der Waals surface area contributed by atoms with Gasteiger partial charge in [0.1, 0.15) is 0 Å². The number of Topliss-reactive ketones (excluding diaryl/α,β-unsaturated/α-hetero) is 1. The molecule has 2 aromatic carbocycles. The number of benzene rings is 2. The monoisotopic (exact) mass is 236 g/mol. The molecule has 0 unspecified atom stereocenters. The lowest BCUT2D eigenvalue weighted by Gasteiger charge is -2.12. The van der Waals surface area contributed by atoms with Crippen LogP contribution in [0.5, 0.6) is 0 Å². The molecule has 0 saturated heterocycles. The smallest absolute Gasteiger partial charge is 0.158 e. The minimum Gasteiger partial charge on any atom is -0.295 e. The van der Waals surface area contributed by atoms with Crippen molar-refractivity contribution in [1.82, 2.24) is 0 Å². The SMILES string of the molecule is O=C1CCCC/C1=C\c1ccc2ccccc2c1. The van der Waals surface area contributed by atoms with E-state index in [2.05, 4.69) is 36.4 Å². The normalized spacial score (nSPS) is 18.4. The molecular weight excluding hydrogens is 220 g/mol. The number of fused-ring (bicyclic) bond motifs is 1. The second kappa shape index (κ2) is 4.77. The zero-order chi connectivity index (χ0) is 12.4. The summed E-state index contributed by atoms with van der Waals surface area (Å²) in [7, 11) is 0. The van der Waals surface area contributed by atoms with Crippen LogP contribution in [-0.4, -0.2) is 5.78 Å². The summed E-state index contributed by atoms with van der Waals surface area (Å²) >= 11 is 0. The highest BCUT2D eigenvalue weighted by Crippen LogP contribution is 2.23. The van der Waals surface area contributed by atoms with Crippen molar-refractivity contribution < 1.29 is 4.79 Å². The van der Waals surface area contributed by atoms with E-state index in [1.54, 1.807) is 0 Å². The molecule has 1 aliphatic rings. The molecule has 1 heteroatoms. The van der Waals surface area contributed by atoms with Crippen LogP contribution in [0.25, 0.3) is 16.8 Å². The van der Waals surface area contributed by atoms with Gasteiger partial charge in [-0.05, 0) is 53.3 Å². The van der Waals surface area contributed by atoms with Gasteiger partial charge in [0, 0.05) is 6.42 Å². The molecule has 2 aromatic rings. The Hall–Kier alpha value is -1.89. The summed E-state index contributed by atoms with van der Waals surface area (Å²) in [5.41, 5.74) is 2.13. The molecule has 0 atom stereocenters. The third-order valence-electron chi connectivity index (χ3n) is 3.57. The summed E-state index contributed by atoms with van der Waals surface area (Å²) in [4.78, 5) is 11.8. The molecule has 0 N–H and O–H groups in total. The molecule has 0 aliphatic heterocycles. The Bertz CT molecular complexity index is 622. The Morgan fingerprint density at radius 3 is 2.50 bits per heavy atom. The lowest BCUT2D eigenvalue weighted by molar-refractivity contribution is -0.116. The molecular formula is C17H16O. The first-order valence-electron chi connectivity index (χ1n) is 6.55. The fourth-order valence-electron chi connectivity index (χ4n) is 2.55. The Balaban J connectivity index is 1.99. The van der Waals surface area contributed by atoms with Gasteiger partial charge in [-0.25, -0.2) is 0 Å². The molecule has 1 fully saturated rings.